The van der Waals surface area contributed by atoms with E-state index in [1.165, 1.54) is 12.1 Å². The molecule has 0 saturated heterocycles. The van der Waals surface area contributed by atoms with Gasteiger partial charge in [0.25, 0.3) is 0 Å². The molecule has 3 rings (SSSR count). The average molecular weight is 314 g/mol. The Morgan fingerprint density at radius 1 is 1.26 bits per heavy atom. The Balaban J connectivity index is 1.47. The van der Waals surface area contributed by atoms with Crippen molar-refractivity contribution in [3.8, 4) is 5.75 Å². The van der Waals surface area contributed by atoms with Gasteiger partial charge in [0.05, 0.1) is 12.8 Å². The summed E-state index contributed by atoms with van der Waals surface area (Å²) < 4.78 is 18.2. The Morgan fingerprint density at radius 2 is 2.09 bits per heavy atom. The van der Waals surface area contributed by atoms with Gasteiger partial charge >= 0.3 is 0 Å². The van der Waals surface area contributed by atoms with Gasteiger partial charge in [-0.15, -0.1) is 0 Å². The number of oxime groups is 1. The minimum absolute atomic E-state index is 0.000612. The van der Waals surface area contributed by atoms with E-state index in [-0.39, 0.29) is 11.9 Å². The molecule has 1 atom stereocenters. The molecule has 2 aromatic carbocycles. The quantitative estimate of drug-likeness (QED) is 0.891. The fourth-order valence-electron chi connectivity index (χ4n) is 2.51. The van der Waals surface area contributed by atoms with Gasteiger partial charge in [0.15, 0.2) is 0 Å². The van der Waals surface area contributed by atoms with Gasteiger partial charge in [0.1, 0.15) is 17.7 Å². The van der Waals surface area contributed by atoms with E-state index in [4.69, 9.17) is 9.57 Å². The Hall–Kier alpha value is -2.40. The van der Waals surface area contributed by atoms with E-state index in [0.717, 1.165) is 35.6 Å². The maximum Gasteiger partial charge on any atom is 0.145 e. The molecule has 1 aliphatic rings. The molecule has 0 bridgehead atoms. The van der Waals surface area contributed by atoms with Crippen LogP contribution in [0.4, 0.5) is 4.39 Å². The molecule has 0 fully saturated rings. The van der Waals surface area contributed by atoms with Gasteiger partial charge in [0, 0.05) is 19.5 Å². The first-order chi connectivity index (χ1) is 11.2. The van der Waals surface area contributed by atoms with Gasteiger partial charge in [-0.25, -0.2) is 4.39 Å². The zero-order chi connectivity index (χ0) is 16.1. The molecule has 2 aromatic rings. The highest BCUT2D eigenvalue weighted by molar-refractivity contribution is 6.01. The van der Waals surface area contributed by atoms with Crippen LogP contribution in [0.15, 0.2) is 53.7 Å². The third-order valence-electron chi connectivity index (χ3n) is 3.75. The third-order valence-corrected chi connectivity index (χ3v) is 3.75. The Bertz CT molecular complexity index is 686. The maximum atomic E-state index is 12.9. The minimum atomic E-state index is -0.246. The molecule has 120 valence electrons. The SMILES string of the molecule is COc1cccc(CNCC2CC(c3ccc(F)cc3)=NO2)c1. The van der Waals surface area contributed by atoms with Crippen LogP contribution in [0.25, 0.3) is 0 Å². The maximum absolute atomic E-state index is 12.9. The summed E-state index contributed by atoms with van der Waals surface area (Å²) in [4.78, 5) is 5.44. The van der Waals surface area contributed by atoms with Crippen molar-refractivity contribution in [1.82, 2.24) is 5.32 Å². The highest BCUT2D eigenvalue weighted by Crippen LogP contribution is 2.17. The van der Waals surface area contributed by atoms with Crippen LogP contribution in [0.3, 0.4) is 0 Å². The smallest absolute Gasteiger partial charge is 0.145 e. The summed E-state index contributed by atoms with van der Waals surface area (Å²) in [7, 11) is 1.66. The van der Waals surface area contributed by atoms with Crippen LogP contribution in [0.2, 0.25) is 0 Å². The lowest BCUT2D eigenvalue weighted by atomic mass is 10.0. The summed E-state index contributed by atoms with van der Waals surface area (Å²) in [5, 5.41) is 7.47. The van der Waals surface area contributed by atoms with Gasteiger partial charge in [-0.3, -0.25) is 0 Å². The van der Waals surface area contributed by atoms with Gasteiger partial charge in [-0.05, 0) is 35.4 Å². The van der Waals surface area contributed by atoms with E-state index in [9.17, 15) is 4.39 Å². The van der Waals surface area contributed by atoms with E-state index < -0.39 is 0 Å². The Labute approximate surface area is 134 Å². The second kappa shape index (κ2) is 7.24. The zero-order valence-electron chi connectivity index (χ0n) is 13.0. The molecule has 1 heterocycles. The van der Waals surface area contributed by atoms with Crippen molar-refractivity contribution >= 4 is 5.71 Å². The standard InChI is InChI=1S/C18H19FN2O2/c1-22-16-4-2-3-13(9-16)11-20-12-17-10-18(21-23-17)14-5-7-15(19)8-6-14/h2-9,17,20H,10-12H2,1H3. The number of hydrogen-bond acceptors (Lipinski definition) is 4. The van der Waals surface area contributed by atoms with E-state index in [2.05, 4.69) is 10.5 Å². The summed E-state index contributed by atoms with van der Waals surface area (Å²) in [6, 6.07) is 14.3. The van der Waals surface area contributed by atoms with Crippen molar-refractivity contribution in [2.45, 2.75) is 19.1 Å². The van der Waals surface area contributed by atoms with Crippen LogP contribution in [-0.2, 0) is 11.4 Å². The van der Waals surface area contributed by atoms with Crippen molar-refractivity contribution < 1.29 is 14.0 Å². The highest BCUT2D eigenvalue weighted by Gasteiger charge is 2.21. The van der Waals surface area contributed by atoms with E-state index in [1.54, 1.807) is 19.2 Å². The molecule has 0 radical (unpaired) electrons. The first-order valence-corrected chi connectivity index (χ1v) is 7.57. The predicted molar refractivity (Wildman–Crippen MR) is 87.1 cm³/mol. The molecule has 0 amide bonds. The number of ether oxygens (including phenoxy) is 1. The van der Waals surface area contributed by atoms with Crippen molar-refractivity contribution in [2.24, 2.45) is 5.16 Å². The number of methoxy groups -OCH3 is 1. The lowest BCUT2D eigenvalue weighted by Crippen LogP contribution is -2.26. The van der Waals surface area contributed by atoms with Crippen molar-refractivity contribution in [3.63, 3.8) is 0 Å². The fraction of sp³-hybridized carbons (Fsp3) is 0.278. The van der Waals surface area contributed by atoms with E-state index in [1.807, 2.05) is 24.3 Å². The van der Waals surface area contributed by atoms with Crippen LogP contribution in [0.1, 0.15) is 17.5 Å². The highest BCUT2D eigenvalue weighted by atomic mass is 19.1. The lowest BCUT2D eigenvalue weighted by molar-refractivity contribution is 0.0848. The number of nitrogens with one attached hydrogen (secondary N) is 1. The van der Waals surface area contributed by atoms with Gasteiger partial charge in [-0.1, -0.05) is 29.4 Å². The molecule has 0 saturated carbocycles. The van der Waals surface area contributed by atoms with Crippen LogP contribution in [-0.4, -0.2) is 25.5 Å². The summed E-state index contributed by atoms with van der Waals surface area (Å²) >= 11 is 0. The first-order valence-electron chi connectivity index (χ1n) is 7.57. The number of nitrogens with zero attached hydrogens (tertiary/aromatic N) is 1. The van der Waals surface area contributed by atoms with Gasteiger partial charge in [0.2, 0.25) is 0 Å². The second-order valence-corrected chi connectivity index (χ2v) is 5.46. The van der Waals surface area contributed by atoms with Crippen LogP contribution in [0, 0.1) is 5.82 Å². The second-order valence-electron chi connectivity index (χ2n) is 5.46. The normalized spacial score (nSPS) is 16.8. The molecule has 23 heavy (non-hydrogen) atoms. The van der Waals surface area contributed by atoms with E-state index >= 15 is 0 Å². The largest absolute Gasteiger partial charge is 0.497 e. The van der Waals surface area contributed by atoms with Crippen LogP contribution < -0.4 is 10.1 Å². The van der Waals surface area contributed by atoms with Crippen molar-refractivity contribution in [1.29, 1.82) is 0 Å². The summed E-state index contributed by atoms with van der Waals surface area (Å²) in [6.45, 7) is 1.44. The van der Waals surface area contributed by atoms with Crippen LogP contribution in [0.5, 0.6) is 5.75 Å². The molecular weight excluding hydrogens is 295 g/mol. The number of hydrogen-bond donors (Lipinski definition) is 1. The predicted octanol–water partition coefficient (Wildman–Crippen LogP) is 3.12. The lowest BCUT2D eigenvalue weighted by Gasteiger charge is -2.10. The molecule has 4 nitrogen and oxygen atoms in total. The van der Waals surface area contributed by atoms with E-state index in [0.29, 0.717) is 6.54 Å². The van der Waals surface area contributed by atoms with Gasteiger partial charge < -0.3 is 14.9 Å². The fourth-order valence-corrected chi connectivity index (χ4v) is 2.51. The van der Waals surface area contributed by atoms with Crippen molar-refractivity contribution in [2.75, 3.05) is 13.7 Å². The average Bonchev–Trinajstić information content (AvgIpc) is 3.04. The molecule has 0 spiro atoms. The van der Waals surface area contributed by atoms with Gasteiger partial charge in [-0.2, -0.15) is 0 Å². The summed E-state index contributed by atoms with van der Waals surface area (Å²) in [5.74, 6) is 0.605. The Kier molecular flexibility index (Phi) is 4.88. The summed E-state index contributed by atoms with van der Waals surface area (Å²) in [6.07, 6.45) is 0.720. The Morgan fingerprint density at radius 3 is 2.87 bits per heavy atom. The number of benzene rings is 2. The molecular formula is C18H19FN2O2. The topological polar surface area (TPSA) is 42.8 Å². The third kappa shape index (κ3) is 4.07. The first kappa shape index (κ1) is 15.5. The number of rotatable bonds is 6. The molecule has 0 aliphatic carbocycles. The molecule has 0 aromatic heterocycles. The van der Waals surface area contributed by atoms with Crippen molar-refractivity contribution in [3.05, 3.63) is 65.5 Å². The van der Waals surface area contributed by atoms with Crippen LogP contribution >= 0.6 is 0 Å². The summed E-state index contributed by atoms with van der Waals surface area (Å²) in [5.41, 5.74) is 2.92. The monoisotopic (exact) mass is 314 g/mol. The molecule has 5 heteroatoms. The molecule has 1 aliphatic heterocycles. The molecule has 1 N–H and O–H groups in total. The number of halogens is 1. The minimum Gasteiger partial charge on any atom is -0.497 e. The molecule has 1 unspecified atom stereocenters. The zero-order valence-corrected chi connectivity index (χ0v) is 13.0.